The van der Waals surface area contributed by atoms with Crippen LogP contribution in [-0.4, -0.2) is 69.8 Å². The molecule has 0 bridgehead atoms. The fraction of sp³-hybridized carbons (Fsp3) is 0.387. The number of carbonyl (C=O) groups excluding carboxylic acids is 1. The average molecular weight is 717 g/mol. The molecule has 0 aliphatic carbocycles. The van der Waals surface area contributed by atoms with Gasteiger partial charge in [-0.2, -0.15) is 17.9 Å². The van der Waals surface area contributed by atoms with E-state index in [1.807, 2.05) is 6.92 Å². The van der Waals surface area contributed by atoms with Crippen LogP contribution in [0.5, 0.6) is 0 Å². The molecular formula is C31H31ClF4N3O6S2+. The van der Waals surface area contributed by atoms with Crippen molar-refractivity contribution in [3.05, 3.63) is 87.9 Å². The summed E-state index contributed by atoms with van der Waals surface area (Å²) in [6.45, 7) is 1.70. The van der Waals surface area contributed by atoms with E-state index in [0.717, 1.165) is 29.8 Å². The molecule has 3 aliphatic rings. The van der Waals surface area contributed by atoms with Crippen molar-refractivity contribution in [3.8, 4) is 0 Å². The number of sulfonamides is 2. The molecule has 47 heavy (non-hydrogen) atoms. The molecule has 3 aliphatic heterocycles. The van der Waals surface area contributed by atoms with Gasteiger partial charge in [0.15, 0.2) is 29.0 Å². The van der Waals surface area contributed by atoms with E-state index in [-0.39, 0.29) is 72.7 Å². The smallest absolute Gasteiger partial charge is 0.415 e. The predicted molar refractivity (Wildman–Crippen MR) is 164 cm³/mol. The lowest BCUT2D eigenvalue weighted by Gasteiger charge is -2.52. The summed E-state index contributed by atoms with van der Waals surface area (Å²) in [7, 11) is -8.36. The topological polar surface area (TPSA) is 101 Å². The second-order valence-electron chi connectivity index (χ2n) is 12.0. The Morgan fingerprint density at radius 1 is 0.723 bits per heavy atom. The molecule has 3 heterocycles. The molecule has 252 valence electrons. The number of halogens is 5. The maximum absolute atomic E-state index is 14.2. The summed E-state index contributed by atoms with van der Waals surface area (Å²) in [5.41, 5.74) is 2.08. The molecule has 0 atom stereocenters. The maximum Gasteiger partial charge on any atom is 0.522 e. The van der Waals surface area contributed by atoms with Gasteiger partial charge < -0.3 is 4.74 Å². The Balaban J connectivity index is 1.33. The Morgan fingerprint density at radius 2 is 1.17 bits per heavy atom. The highest BCUT2D eigenvalue weighted by Crippen LogP contribution is 2.47. The zero-order valence-corrected chi connectivity index (χ0v) is 27.5. The van der Waals surface area contributed by atoms with Crippen molar-refractivity contribution in [2.24, 2.45) is 0 Å². The van der Waals surface area contributed by atoms with Gasteiger partial charge >= 0.3 is 6.09 Å². The largest absolute Gasteiger partial charge is 0.522 e. The monoisotopic (exact) mass is 716 g/mol. The third-order valence-corrected chi connectivity index (χ3v) is 13.4. The van der Waals surface area contributed by atoms with Crippen LogP contribution in [0.1, 0.15) is 36.8 Å². The Bertz CT molecular complexity index is 1860. The third kappa shape index (κ3) is 5.74. The summed E-state index contributed by atoms with van der Waals surface area (Å²) >= 11 is 6.39. The summed E-state index contributed by atoms with van der Waals surface area (Å²) in [6.07, 6.45) is 0.256. The standard InChI is InChI=1S/C31H31ClF4N3O6S2/c1-19-14-21(32)15-20-18-45-31(40)39(30(19)20,22-6-10-37(11-7-22)46(41,42)24-2-4-26(33)28(35)16-24)23-8-12-38(13-9-23)47(43,44)25-3-5-27(34)29(36)17-25/h2-5,14-17,22-23H,6-13,18H2,1H3/q+1. The van der Waals surface area contributed by atoms with Gasteiger partial charge in [-0.3, -0.25) is 0 Å². The van der Waals surface area contributed by atoms with E-state index in [9.17, 15) is 39.2 Å². The molecule has 2 saturated heterocycles. The summed E-state index contributed by atoms with van der Waals surface area (Å²) in [4.78, 5) is 13.4. The molecule has 6 rings (SSSR count). The van der Waals surface area contributed by atoms with Crippen molar-refractivity contribution in [1.82, 2.24) is 13.1 Å². The van der Waals surface area contributed by atoms with E-state index in [2.05, 4.69) is 0 Å². The Kier molecular flexibility index (Phi) is 8.94. The number of hydrogen-bond donors (Lipinski definition) is 0. The number of nitrogens with zero attached hydrogens (tertiary/aromatic N) is 3. The lowest BCUT2D eigenvalue weighted by molar-refractivity contribution is 0.0266. The lowest BCUT2D eigenvalue weighted by atomic mass is 9.89. The Morgan fingerprint density at radius 3 is 1.60 bits per heavy atom. The van der Waals surface area contributed by atoms with Gasteiger partial charge in [0.25, 0.3) is 0 Å². The van der Waals surface area contributed by atoms with Gasteiger partial charge in [-0.05, 0) is 55.5 Å². The molecule has 0 aromatic heterocycles. The highest BCUT2D eigenvalue weighted by molar-refractivity contribution is 7.89. The summed E-state index contributed by atoms with van der Waals surface area (Å²) in [5, 5.41) is 0.442. The molecule has 0 N–H and O–H groups in total. The van der Waals surface area contributed by atoms with Gasteiger partial charge in [0.05, 0.1) is 15.4 Å². The van der Waals surface area contributed by atoms with Crippen LogP contribution in [-0.2, 0) is 31.4 Å². The normalized spacial score (nSPS) is 20.2. The van der Waals surface area contributed by atoms with E-state index in [4.69, 9.17) is 16.3 Å². The summed E-state index contributed by atoms with van der Waals surface area (Å²) in [6, 6.07) is 7.26. The summed E-state index contributed by atoms with van der Waals surface area (Å²) in [5.74, 6) is -4.92. The van der Waals surface area contributed by atoms with Crippen LogP contribution in [0.3, 0.4) is 0 Å². The van der Waals surface area contributed by atoms with Crippen LogP contribution in [0, 0.1) is 30.2 Å². The van der Waals surface area contributed by atoms with Crippen molar-refractivity contribution in [3.63, 3.8) is 0 Å². The molecule has 0 saturated carbocycles. The molecular weight excluding hydrogens is 686 g/mol. The second kappa shape index (κ2) is 12.4. The van der Waals surface area contributed by atoms with Crippen LogP contribution >= 0.6 is 11.6 Å². The number of carbonyl (C=O) groups is 1. The first-order valence-electron chi connectivity index (χ1n) is 14.9. The number of benzene rings is 3. The van der Waals surface area contributed by atoms with Gasteiger partial charge in [0, 0.05) is 62.4 Å². The minimum Gasteiger partial charge on any atom is -0.415 e. The minimum atomic E-state index is -4.18. The van der Waals surface area contributed by atoms with Gasteiger partial charge in [-0.25, -0.2) is 34.4 Å². The number of cyclic esters (lactones) is 1. The predicted octanol–water partition coefficient (Wildman–Crippen LogP) is 5.87. The van der Waals surface area contributed by atoms with Gasteiger partial charge in [0.2, 0.25) is 20.0 Å². The minimum absolute atomic E-state index is 0.0232. The number of amides is 1. The van der Waals surface area contributed by atoms with Gasteiger partial charge in [-0.1, -0.05) is 11.6 Å². The molecule has 0 unspecified atom stereocenters. The quantitative estimate of drug-likeness (QED) is 0.234. The van der Waals surface area contributed by atoms with Crippen LogP contribution in [0.25, 0.3) is 0 Å². The first-order valence-corrected chi connectivity index (χ1v) is 18.2. The molecule has 0 spiro atoms. The molecule has 2 fully saturated rings. The third-order valence-electron chi connectivity index (χ3n) is 9.42. The molecule has 3 aromatic rings. The number of fused-ring (bicyclic) bond motifs is 1. The van der Waals surface area contributed by atoms with Gasteiger partial charge in [0.1, 0.15) is 18.7 Å². The highest BCUT2D eigenvalue weighted by Gasteiger charge is 2.59. The van der Waals surface area contributed by atoms with Crippen molar-refractivity contribution >= 4 is 43.4 Å². The number of hydrogen-bond acceptors (Lipinski definition) is 6. The fourth-order valence-electron chi connectivity index (χ4n) is 7.30. The average Bonchev–Trinajstić information content (AvgIpc) is 3.04. The van der Waals surface area contributed by atoms with Gasteiger partial charge in [-0.15, -0.1) is 0 Å². The van der Waals surface area contributed by atoms with Crippen LogP contribution in [0.4, 0.5) is 28.0 Å². The zero-order chi connectivity index (χ0) is 33.9. The zero-order valence-electron chi connectivity index (χ0n) is 25.1. The fourth-order valence-corrected chi connectivity index (χ4v) is 10.6. The number of ether oxygens (including phenoxy) is 1. The number of quaternary nitrogens is 1. The molecule has 3 aromatic carbocycles. The van der Waals surface area contributed by atoms with Crippen LogP contribution in [0.15, 0.2) is 58.3 Å². The van der Waals surface area contributed by atoms with E-state index in [0.29, 0.717) is 28.4 Å². The van der Waals surface area contributed by atoms with E-state index >= 15 is 0 Å². The van der Waals surface area contributed by atoms with E-state index in [1.54, 1.807) is 12.1 Å². The lowest BCUT2D eigenvalue weighted by Crippen LogP contribution is -2.71. The Labute approximate surface area is 275 Å². The van der Waals surface area contributed by atoms with Crippen LogP contribution < -0.4 is 4.48 Å². The molecule has 16 heteroatoms. The molecule has 9 nitrogen and oxygen atoms in total. The van der Waals surface area contributed by atoms with Crippen LogP contribution in [0.2, 0.25) is 5.02 Å². The SMILES string of the molecule is Cc1cc(Cl)cc2c1[N+](C1CCN(S(=O)(=O)c3ccc(F)c(F)c3)CC1)(C1CCN(S(=O)(=O)c3ccc(F)c(F)c3)CC1)C(=O)OC2. The van der Waals surface area contributed by atoms with Crippen molar-refractivity contribution < 1.29 is 43.9 Å². The molecule has 1 amide bonds. The molecule has 0 radical (unpaired) electrons. The first-order chi connectivity index (χ1) is 22.2. The Hall–Kier alpha value is -3.08. The second-order valence-corrected chi connectivity index (χ2v) is 16.3. The number of piperidine rings is 2. The first kappa shape index (κ1) is 33.8. The maximum atomic E-state index is 14.2. The summed E-state index contributed by atoms with van der Waals surface area (Å²) < 4.78 is 116. The van der Waals surface area contributed by atoms with Crippen molar-refractivity contribution in [1.29, 1.82) is 0 Å². The van der Waals surface area contributed by atoms with E-state index in [1.165, 1.54) is 8.61 Å². The number of rotatable bonds is 6. The van der Waals surface area contributed by atoms with E-state index < -0.39 is 61.5 Å². The highest BCUT2D eigenvalue weighted by atomic mass is 35.5. The number of aryl methyl sites for hydroxylation is 1. The van der Waals surface area contributed by atoms with Crippen molar-refractivity contribution in [2.45, 2.75) is 61.1 Å². The van der Waals surface area contributed by atoms with Crippen molar-refractivity contribution in [2.75, 3.05) is 26.2 Å².